The maximum atomic E-state index is 13.3. The van der Waals surface area contributed by atoms with Crippen molar-refractivity contribution in [3.63, 3.8) is 0 Å². The number of nitrogens with zero attached hydrogens (tertiary/aromatic N) is 4. The van der Waals surface area contributed by atoms with Gasteiger partial charge in [-0.25, -0.2) is 17.8 Å². The number of pyridine rings is 1. The second-order valence-corrected chi connectivity index (χ2v) is 9.69. The van der Waals surface area contributed by atoms with Crippen LogP contribution < -0.4 is 4.72 Å². The Morgan fingerprint density at radius 1 is 1.12 bits per heavy atom. The average Bonchev–Trinajstić information content (AvgIpc) is 3.31. The topological polar surface area (TPSA) is 102 Å². The molecule has 0 bridgehead atoms. The summed E-state index contributed by atoms with van der Waals surface area (Å²) in [7, 11) is -1.74. The first kappa shape index (κ1) is 21.0. The number of benzene rings is 2. The summed E-state index contributed by atoms with van der Waals surface area (Å²) >= 11 is 0. The second-order valence-electron chi connectivity index (χ2n) is 7.94. The van der Waals surface area contributed by atoms with Gasteiger partial charge >= 0.3 is 0 Å². The first-order valence-electron chi connectivity index (χ1n) is 10.0. The van der Waals surface area contributed by atoms with Crippen LogP contribution >= 0.6 is 0 Å². The molecule has 0 unspecified atom stereocenters. The number of fused-ring (bicyclic) bond motifs is 2. The summed E-state index contributed by atoms with van der Waals surface area (Å²) in [4.78, 5) is 3.95. The first-order valence-corrected chi connectivity index (χ1v) is 11.9. The lowest BCUT2D eigenvalue weighted by Gasteiger charge is -2.11. The van der Waals surface area contributed by atoms with Crippen molar-refractivity contribution in [3.05, 3.63) is 72.4 Å². The third-order valence-electron chi connectivity index (χ3n) is 5.49. The van der Waals surface area contributed by atoms with Crippen LogP contribution in [0.25, 0.3) is 32.9 Å². The summed E-state index contributed by atoms with van der Waals surface area (Å²) in [6.45, 7) is 0.381. The summed E-state index contributed by atoms with van der Waals surface area (Å²) < 4.78 is 43.5. The van der Waals surface area contributed by atoms with Crippen LogP contribution in [0.2, 0.25) is 0 Å². The number of aromatic nitrogens is 4. The molecule has 0 spiro atoms. The van der Waals surface area contributed by atoms with Gasteiger partial charge in [0, 0.05) is 35.8 Å². The highest BCUT2D eigenvalue weighted by atomic mass is 32.2. The molecule has 2 N–H and O–H groups in total. The maximum Gasteiger partial charge on any atom is 0.236 e. The van der Waals surface area contributed by atoms with Gasteiger partial charge in [0.1, 0.15) is 11.3 Å². The molecule has 10 heteroatoms. The van der Waals surface area contributed by atoms with Crippen molar-refractivity contribution in [2.45, 2.75) is 6.54 Å². The van der Waals surface area contributed by atoms with Crippen LogP contribution in [0.1, 0.15) is 5.56 Å². The van der Waals surface area contributed by atoms with Crippen LogP contribution in [0.4, 0.5) is 10.1 Å². The van der Waals surface area contributed by atoms with E-state index in [0.29, 0.717) is 28.7 Å². The molecular formula is C23H20FN5O3S. The lowest BCUT2D eigenvalue weighted by atomic mass is 10.0. The zero-order valence-electron chi connectivity index (χ0n) is 17.8. The molecule has 0 saturated carbocycles. The van der Waals surface area contributed by atoms with Crippen LogP contribution in [-0.4, -0.2) is 39.1 Å². The van der Waals surface area contributed by atoms with Crippen LogP contribution in [0.3, 0.4) is 0 Å². The molecular weight excluding hydrogens is 445 g/mol. The average molecular weight is 466 g/mol. The lowest BCUT2D eigenvalue weighted by Crippen LogP contribution is -2.10. The standard InChI is InChI=1S/C23H20FN5O3S/c1-28-13-19(17-7-8-25-23(30)22(17)28)15-9-20(27-33(2,31)32)18-11-26-29(21(18)10-15)12-14-3-5-16(24)6-4-14/h3-11,13,27H,12H2,1-2H3,(H,25,30). The van der Waals surface area contributed by atoms with E-state index in [1.54, 1.807) is 46.8 Å². The number of rotatable bonds is 5. The van der Waals surface area contributed by atoms with Gasteiger partial charge in [-0.2, -0.15) is 5.10 Å². The highest BCUT2D eigenvalue weighted by Gasteiger charge is 2.18. The lowest BCUT2D eigenvalue weighted by molar-refractivity contribution is 0.457. The van der Waals surface area contributed by atoms with Crippen molar-refractivity contribution in [2.75, 3.05) is 11.0 Å². The molecule has 0 aliphatic heterocycles. The van der Waals surface area contributed by atoms with Crippen molar-refractivity contribution < 1.29 is 17.9 Å². The van der Waals surface area contributed by atoms with Crippen molar-refractivity contribution in [1.82, 2.24) is 19.3 Å². The van der Waals surface area contributed by atoms with E-state index in [4.69, 9.17) is 0 Å². The van der Waals surface area contributed by atoms with Gasteiger partial charge in [0.2, 0.25) is 15.9 Å². The van der Waals surface area contributed by atoms with E-state index in [0.717, 1.165) is 28.3 Å². The summed E-state index contributed by atoms with van der Waals surface area (Å²) in [6, 6.07) is 11.6. The molecule has 3 aromatic heterocycles. The van der Waals surface area contributed by atoms with E-state index >= 15 is 0 Å². The molecule has 5 rings (SSSR count). The van der Waals surface area contributed by atoms with Gasteiger partial charge in [-0.15, -0.1) is 0 Å². The van der Waals surface area contributed by atoms with Crippen LogP contribution in [0, 0.1) is 5.82 Å². The Kier molecular flexibility index (Phi) is 4.82. The number of anilines is 1. The van der Waals surface area contributed by atoms with Gasteiger partial charge in [-0.05, 0) is 41.5 Å². The Hall–Kier alpha value is -3.92. The van der Waals surface area contributed by atoms with E-state index in [-0.39, 0.29) is 11.7 Å². The van der Waals surface area contributed by atoms with E-state index in [1.165, 1.54) is 18.3 Å². The van der Waals surface area contributed by atoms with Crippen LogP contribution in [-0.2, 0) is 23.6 Å². The van der Waals surface area contributed by atoms with Gasteiger partial charge in [-0.3, -0.25) is 9.40 Å². The molecule has 2 aromatic carbocycles. The molecule has 3 heterocycles. The fraction of sp³-hybridized carbons (Fsp3) is 0.130. The monoisotopic (exact) mass is 465 g/mol. The molecule has 0 amide bonds. The number of hydrogen-bond acceptors (Lipinski definition) is 5. The van der Waals surface area contributed by atoms with Crippen molar-refractivity contribution in [3.8, 4) is 17.0 Å². The zero-order valence-corrected chi connectivity index (χ0v) is 18.6. The van der Waals surface area contributed by atoms with Crippen LogP contribution in [0.5, 0.6) is 5.88 Å². The van der Waals surface area contributed by atoms with E-state index in [1.807, 2.05) is 12.3 Å². The van der Waals surface area contributed by atoms with Crippen molar-refractivity contribution in [1.29, 1.82) is 0 Å². The number of nitrogens with one attached hydrogen (secondary N) is 1. The van der Waals surface area contributed by atoms with Gasteiger partial charge in [-0.1, -0.05) is 12.1 Å². The SMILES string of the molecule is Cn1cc(-c2cc(NS(C)(=O)=O)c3cnn(Cc4ccc(F)cc4)c3c2)c2ccnc(O)c21. The predicted molar refractivity (Wildman–Crippen MR) is 125 cm³/mol. The third-order valence-corrected chi connectivity index (χ3v) is 6.08. The summed E-state index contributed by atoms with van der Waals surface area (Å²) in [6.07, 6.45) is 6.08. The summed E-state index contributed by atoms with van der Waals surface area (Å²) in [5.74, 6) is -0.405. The molecule has 0 aliphatic rings. The van der Waals surface area contributed by atoms with Crippen LogP contribution in [0.15, 0.2) is 61.1 Å². The Balaban J connectivity index is 1.73. The minimum Gasteiger partial charge on any atom is -0.492 e. The Bertz CT molecular complexity index is 1620. The number of aromatic hydroxyl groups is 1. The highest BCUT2D eigenvalue weighted by Crippen LogP contribution is 2.37. The highest BCUT2D eigenvalue weighted by molar-refractivity contribution is 7.92. The Morgan fingerprint density at radius 3 is 2.61 bits per heavy atom. The smallest absolute Gasteiger partial charge is 0.236 e. The number of halogens is 1. The van der Waals surface area contributed by atoms with E-state index in [9.17, 15) is 17.9 Å². The maximum absolute atomic E-state index is 13.3. The zero-order chi connectivity index (χ0) is 23.3. The minimum absolute atomic E-state index is 0.0850. The molecule has 0 fully saturated rings. The number of aryl methyl sites for hydroxylation is 1. The number of hydrogen-bond donors (Lipinski definition) is 2. The summed E-state index contributed by atoms with van der Waals surface area (Å²) in [5.41, 5.74) is 4.07. The first-order chi connectivity index (χ1) is 15.7. The molecule has 8 nitrogen and oxygen atoms in total. The molecule has 0 aliphatic carbocycles. The van der Waals surface area contributed by atoms with Gasteiger partial charge < -0.3 is 9.67 Å². The fourth-order valence-electron chi connectivity index (χ4n) is 4.07. The largest absolute Gasteiger partial charge is 0.492 e. The van der Waals surface area contributed by atoms with E-state index < -0.39 is 10.0 Å². The molecule has 0 atom stereocenters. The third kappa shape index (κ3) is 3.89. The van der Waals surface area contributed by atoms with Gasteiger partial charge in [0.15, 0.2) is 0 Å². The van der Waals surface area contributed by atoms with Gasteiger partial charge in [0.25, 0.3) is 0 Å². The molecule has 0 radical (unpaired) electrons. The number of sulfonamides is 1. The molecule has 168 valence electrons. The molecule has 5 aromatic rings. The molecule has 33 heavy (non-hydrogen) atoms. The normalized spacial score (nSPS) is 12.0. The molecule has 0 saturated heterocycles. The minimum atomic E-state index is -3.55. The summed E-state index contributed by atoms with van der Waals surface area (Å²) in [5, 5.41) is 16.1. The fourth-order valence-corrected chi connectivity index (χ4v) is 4.64. The van der Waals surface area contributed by atoms with Crippen molar-refractivity contribution in [2.24, 2.45) is 7.05 Å². The predicted octanol–water partition coefficient (Wildman–Crippen LogP) is 3.85. The van der Waals surface area contributed by atoms with Gasteiger partial charge in [0.05, 0.1) is 30.2 Å². The quantitative estimate of drug-likeness (QED) is 0.411. The Morgan fingerprint density at radius 2 is 1.88 bits per heavy atom. The Labute approximate surface area is 189 Å². The van der Waals surface area contributed by atoms with Crippen molar-refractivity contribution >= 4 is 37.5 Å². The second kappa shape index (κ2) is 7.59. The van der Waals surface area contributed by atoms with E-state index in [2.05, 4.69) is 14.8 Å².